The molecule has 1 aromatic rings. The molecule has 1 aromatic carbocycles. The molecular weight excluding hydrogens is 222 g/mol. The molecule has 1 saturated heterocycles. The number of likely N-dealkylation sites (tertiary alicyclic amines) is 1. The van der Waals surface area contributed by atoms with Crippen molar-refractivity contribution in [2.75, 3.05) is 13.6 Å². The Labute approximate surface area is 109 Å². The van der Waals surface area contributed by atoms with Crippen LogP contribution in [0.1, 0.15) is 41.6 Å². The summed E-state index contributed by atoms with van der Waals surface area (Å²) in [7, 11) is 2.20. The van der Waals surface area contributed by atoms with Crippen LogP contribution >= 0.6 is 0 Å². The molecule has 0 aromatic heterocycles. The predicted molar refractivity (Wildman–Crippen MR) is 72.9 cm³/mol. The third-order valence-corrected chi connectivity index (χ3v) is 4.60. The van der Waals surface area contributed by atoms with Gasteiger partial charge >= 0.3 is 0 Å². The van der Waals surface area contributed by atoms with E-state index < -0.39 is 0 Å². The first-order valence-corrected chi connectivity index (χ1v) is 7.08. The van der Waals surface area contributed by atoms with Gasteiger partial charge in [-0.3, -0.25) is 4.79 Å². The lowest BCUT2D eigenvalue weighted by Crippen LogP contribution is -2.38. The normalized spacial score (nSPS) is 28.4. The molecule has 0 amide bonds. The van der Waals surface area contributed by atoms with E-state index in [-0.39, 0.29) is 5.92 Å². The third kappa shape index (κ3) is 2.10. The lowest BCUT2D eigenvalue weighted by molar-refractivity contribution is 0.0882. The van der Waals surface area contributed by atoms with Crippen LogP contribution in [-0.4, -0.2) is 30.3 Å². The van der Waals surface area contributed by atoms with Crippen molar-refractivity contribution in [3.63, 3.8) is 0 Å². The van der Waals surface area contributed by atoms with E-state index in [1.807, 2.05) is 18.2 Å². The number of Topliss-reactive ketones (excluding diaryl/α,β-unsaturated/α-hetero) is 1. The van der Waals surface area contributed by atoms with Crippen LogP contribution in [0, 0.1) is 5.92 Å². The van der Waals surface area contributed by atoms with Crippen LogP contribution in [-0.2, 0) is 6.42 Å². The molecule has 2 aliphatic rings. The SMILES string of the molecule is CN1CCCCC1CC1Cc2ccccc2C1=O. The Morgan fingerprint density at radius 1 is 1.28 bits per heavy atom. The molecule has 2 nitrogen and oxygen atoms in total. The molecule has 0 N–H and O–H groups in total. The molecule has 0 radical (unpaired) electrons. The lowest BCUT2D eigenvalue weighted by atomic mass is 9.90. The number of rotatable bonds is 2. The molecule has 2 heteroatoms. The zero-order valence-corrected chi connectivity index (χ0v) is 11.1. The van der Waals surface area contributed by atoms with Crippen LogP contribution in [0.25, 0.3) is 0 Å². The summed E-state index contributed by atoms with van der Waals surface area (Å²) in [4.78, 5) is 14.8. The van der Waals surface area contributed by atoms with Gasteiger partial charge in [0.1, 0.15) is 0 Å². The summed E-state index contributed by atoms with van der Waals surface area (Å²) < 4.78 is 0. The summed E-state index contributed by atoms with van der Waals surface area (Å²) in [5, 5.41) is 0. The van der Waals surface area contributed by atoms with Gasteiger partial charge in [0, 0.05) is 17.5 Å². The van der Waals surface area contributed by atoms with Crippen LogP contribution in [0.2, 0.25) is 0 Å². The highest BCUT2D eigenvalue weighted by atomic mass is 16.1. The van der Waals surface area contributed by atoms with Crippen LogP contribution < -0.4 is 0 Å². The molecule has 2 atom stereocenters. The van der Waals surface area contributed by atoms with E-state index in [2.05, 4.69) is 18.0 Å². The smallest absolute Gasteiger partial charge is 0.166 e. The van der Waals surface area contributed by atoms with E-state index in [0.717, 1.165) is 18.4 Å². The fourth-order valence-corrected chi connectivity index (χ4v) is 3.48. The minimum absolute atomic E-state index is 0.230. The summed E-state index contributed by atoms with van der Waals surface area (Å²) in [6.45, 7) is 1.19. The van der Waals surface area contributed by atoms with E-state index in [1.54, 1.807) is 0 Å². The van der Waals surface area contributed by atoms with Crippen molar-refractivity contribution in [1.82, 2.24) is 4.90 Å². The summed E-state index contributed by atoms with van der Waals surface area (Å²) >= 11 is 0. The number of benzene rings is 1. The molecule has 0 spiro atoms. The fraction of sp³-hybridized carbons (Fsp3) is 0.562. The van der Waals surface area contributed by atoms with Crippen LogP contribution in [0.4, 0.5) is 0 Å². The molecule has 1 heterocycles. The number of carbonyl (C=O) groups excluding carboxylic acids is 1. The quantitative estimate of drug-likeness (QED) is 0.796. The third-order valence-electron chi connectivity index (χ3n) is 4.60. The molecule has 3 rings (SSSR count). The second-order valence-electron chi connectivity index (χ2n) is 5.79. The molecule has 1 fully saturated rings. The number of hydrogen-bond acceptors (Lipinski definition) is 2. The number of ketones is 1. The Balaban J connectivity index is 1.71. The zero-order chi connectivity index (χ0) is 12.5. The van der Waals surface area contributed by atoms with Crippen LogP contribution in [0.3, 0.4) is 0 Å². The first kappa shape index (κ1) is 11.9. The van der Waals surface area contributed by atoms with Crippen LogP contribution in [0.5, 0.6) is 0 Å². The lowest BCUT2D eigenvalue weighted by Gasteiger charge is -2.33. The second kappa shape index (κ2) is 4.85. The Bertz CT molecular complexity index is 454. The monoisotopic (exact) mass is 243 g/mol. The average Bonchev–Trinajstić information content (AvgIpc) is 2.70. The Hall–Kier alpha value is -1.15. The summed E-state index contributed by atoms with van der Waals surface area (Å²) in [5.41, 5.74) is 2.23. The van der Waals surface area contributed by atoms with E-state index in [0.29, 0.717) is 11.8 Å². The fourth-order valence-electron chi connectivity index (χ4n) is 3.48. The number of nitrogens with zero attached hydrogens (tertiary/aromatic N) is 1. The highest BCUT2D eigenvalue weighted by molar-refractivity contribution is 6.02. The van der Waals surface area contributed by atoms with Crippen molar-refractivity contribution >= 4 is 5.78 Å². The second-order valence-corrected chi connectivity index (χ2v) is 5.79. The van der Waals surface area contributed by atoms with E-state index in [9.17, 15) is 4.79 Å². The molecule has 1 aliphatic carbocycles. The van der Waals surface area contributed by atoms with Crippen molar-refractivity contribution < 1.29 is 4.79 Å². The van der Waals surface area contributed by atoms with Crippen molar-refractivity contribution in [2.24, 2.45) is 5.92 Å². The number of piperidine rings is 1. The Morgan fingerprint density at radius 3 is 2.89 bits per heavy atom. The van der Waals surface area contributed by atoms with Gasteiger partial charge in [-0.05, 0) is 44.8 Å². The maximum Gasteiger partial charge on any atom is 0.166 e. The maximum absolute atomic E-state index is 12.4. The van der Waals surface area contributed by atoms with Gasteiger partial charge in [-0.25, -0.2) is 0 Å². The Kier molecular flexibility index (Phi) is 3.21. The predicted octanol–water partition coefficient (Wildman–Crippen LogP) is 2.92. The number of fused-ring (bicyclic) bond motifs is 1. The van der Waals surface area contributed by atoms with Gasteiger partial charge < -0.3 is 4.90 Å². The average molecular weight is 243 g/mol. The highest BCUT2D eigenvalue weighted by Crippen LogP contribution is 2.32. The highest BCUT2D eigenvalue weighted by Gasteiger charge is 2.33. The van der Waals surface area contributed by atoms with Gasteiger partial charge in [-0.2, -0.15) is 0 Å². The topological polar surface area (TPSA) is 20.3 Å². The molecule has 1 aliphatic heterocycles. The van der Waals surface area contributed by atoms with Gasteiger partial charge in [0.15, 0.2) is 5.78 Å². The number of carbonyl (C=O) groups is 1. The van der Waals surface area contributed by atoms with Gasteiger partial charge in [-0.15, -0.1) is 0 Å². The summed E-state index contributed by atoms with van der Waals surface area (Å²) in [6.07, 6.45) is 5.90. The van der Waals surface area contributed by atoms with Crippen molar-refractivity contribution in [2.45, 2.75) is 38.1 Å². The van der Waals surface area contributed by atoms with Gasteiger partial charge in [0.05, 0.1) is 0 Å². The minimum atomic E-state index is 0.230. The molecular formula is C16H21NO. The zero-order valence-electron chi connectivity index (χ0n) is 11.1. The van der Waals surface area contributed by atoms with Gasteiger partial charge in [-0.1, -0.05) is 30.7 Å². The molecule has 2 unspecified atom stereocenters. The molecule has 18 heavy (non-hydrogen) atoms. The molecule has 96 valence electrons. The first-order chi connectivity index (χ1) is 8.75. The van der Waals surface area contributed by atoms with Gasteiger partial charge in [0.25, 0.3) is 0 Å². The van der Waals surface area contributed by atoms with Crippen molar-refractivity contribution in [3.05, 3.63) is 35.4 Å². The molecule has 0 saturated carbocycles. The van der Waals surface area contributed by atoms with Crippen LogP contribution in [0.15, 0.2) is 24.3 Å². The largest absolute Gasteiger partial charge is 0.303 e. The summed E-state index contributed by atoms with van der Waals surface area (Å²) in [6, 6.07) is 8.73. The van der Waals surface area contributed by atoms with E-state index >= 15 is 0 Å². The Morgan fingerprint density at radius 2 is 2.11 bits per heavy atom. The van der Waals surface area contributed by atoms with Crippen molar-refractivity contribution in [3.8, 4) is 0 Å². The van der Waals surface area contributed by atoms with E-state index in [4.69, 9.17) is 0 Å². The minimum Gasteiger partial charge on any atom is -0.303 e. The molecule has 0 bridgehead atoms. The maximum atomic E-state index is 12.4. The summed E-state index contributed by atoms with van der Waals surface area (Å²) in [5.74, 6) is 0.609. The van der Waals surface area contributed by atoms with Crippen molar-refractivity contribution in [1.29, 1.82) is 0 Å². The van der Waals surface area contributed by atoms with E-state index in [1.165, 1.54) is 31.4 Å². The number of hydrogen-bond donors (Lipinski definition) is 0. The van der Waals surface area contributed by atoms with Gasteiger partial charge in [0.2, 0.25) is 0 Å². The standard InChI is InChI=1S/C16H21NO/c1-17-9-5-4-7-14(17)11-13-10-12-6-2-3-8-15(12)16(13)18/h2-3,6,8,13-14H,4-5,7,9-11H2,1H3. The first-order valence-electron chi connectivity index (χ1n) is 7.08.